The fourth-order valence-electron chi connectivity index (χ4n) is 4.89. The highest BCUT2D eigenvalue weighted by Gasteiger charge is 2.30. The first-order chi connectivity index (χ1) is 18.5. The van der Waals surface area contributed by atoms with Crippen LogP contribution in [0.3, 0.4) is 0 Å². The van der Waals surface area contributed by atoms with E-state index in [0.29, 0.717) is 6.54 Å². The zero-order valence-electron chi connectivity index (χ0n) is 22.4. The number of hydrogen-bond donors (Lipinski definition) is 2. The molecular formula is C28H37N7O3. The van der Waals surface area contributed by atoms with Gasteiger partial charge < -0.3 is 25.0 Å². The van der Waals surface area contributed by atoms with Gasteiger partial charge in [0, 0.05) is 75.3 Å². The summed E-state index contributed by atoms with van der Waals surface area (Å²) in [4.78, 5) is 24.0. The number of nitrogens with one attached hydrogen (secondary N) is 2. The number of rotatable bonds is 12. The minimum absolute atomic E-state index is 0.0279. The summed E-state index contributed by atoms with van der Waals surface area (Å²) in [6.07, 6.45) is 17.7. The third-order valence-corrected chi connectivity index (χ3v) is 7.19. The molecular weight excluding hydrogens is 482 g/mol. The van der Waals surface area contributed by atoms with E-state index in [0.717, 1.165) is 79.5 Å². The lowest BCUT2D eigenvalue weighted by atomic mass is 9.98. The second kappa shape index (κ2) is 11.8. The summed E-state index contributed by atoms with van der Waals surface area (Å²) in [7, 11) is 5.28. The molecule has 1 aliphatic heterocycles. The Labute approximate surface area is 223 Å². The van der Waals surface area contributed by atoms with Crippen LogP contribution in [0.1, 0.15) is 31.2 Å². The van der Waals surface area contributed by atoms with Crippen LogP contribution in [0.25, 0.3) is 0 Å². The molecule has 2 heterocycles. The van der Waals surface area contributed by atoms with Crippen molar-refractivity contribution in [2.24, 2.45) is 23.0 Å². The molecule has 1 fully saturated rings. The molecule has 1 aromatic rings. The quantitative estimate of drug-likeness (QED) is 0.410. The standard InChI is InChI=1S/C28H37N7O3/c1-34-18-20(16-32-34)27-17-31-25-7-6-21(14-26(25)33-27)35(22-12-23(37-2)15-24(13-22)38-3)11-10-29-8-9-30-28(36)19-4-5-19/h6,12,14-19,22,25,29H,4-5,7-11,13H2,1-3H3,(H,30,36). The van der Waals surface area contributed by atoms with Gasteiger partial charge in [-0.05, 0) is 31.4 Å². The Kier molecular flexibility index (Phi) is 8.07. The fraction of sp³-hybridized carbons (Fsp3) is 0.500. The van der Waals surface area contributed by atoms with Gasteiger partial charge in [0.2, 0.25) is 5.91 Å². The molecule has 1 aromatic heterocycles. The van der Waals surface area contributed by atoms with Gasteiger partial charge in [0.1, 0.15) is 11.5 Å². The molecule has 38 heavy (non-hydrogen) atoms. The first-order valence-electron chi connectivity index (χ1n) is 13.3. The molecule has 3 aliphatic carbocycles. The third-order valence-electron chi connectivity index (χ3n) is 7.19. The number of carbonyl (C=O) groups is 1. The Bertz CT molecular complexity index is 1220. The van der Waals surface area contributed by atoms with E-state index in [9.17, 15) is 4.79 Å². The van der Waals surface area contributed by atoms with Crippen LogP contribution in [-0.2, 0) is 21.3 Å². The van der Waals surface area contributed by atoms with Crippen LogP contribution in [0.5, 0.6) is 0 Å². The number of hydrogen-bond acceptors (Lipinski definition) is 8. The van der Waals surface area contributed by atoms with Crippen LogP contribution in [0, 0.1) is 5.92 Å². The van der Waals surface area contributed by atoms with E-state index in [-0.39, 0.29) is 23.9 Å². The molecule has 5 rings (SSSR count). The number of aromatic nitrogens is 2. The summed E-state index contributed by atoms with van der Waals surface area (Å²) in [5.41, 5.74) is 3.85. The van der Waals surface area contributed by atoms with Crippen molar-refractivity contribution < 1.29 is 14.3 Å². The number of nitrogens with zero attached hydrogens (tertiary/aromatic N) is 5. The molecule has 2 N–H and O–H groups in total. The number of aliphatic imine (C=N–C) groups is 2. The monoisotopic (exact) mass is 519 g/mol. The van der Waals surface area contributed by atoms with Gasteiger partial charge in [0.05, 0.1) is 43.9 Å². The van der Waals surface area contributed by atoms with Crippen molar-refractivity contribution in [1.82, 2.24) is 25.3 Å². The van der Waals surface area contributed by atoms with E-state index in [1.165, 1.54) is 0 Å². The van der Waals surface area contributed by atoms with Crippen LogP contribution in [0.2, 0.25) is 0 Å². The van der Waals surface area contributed by atoms with Crippen molar-refractivity contribution in [3.05, 3.63) is 65.2 Å². The summed E-state index contributed by atoms with van der Waals surface area (Å²) < 4.78 is 13.0. The van der Waals surface area contributed by atoms with Gasteiger partial charge in [-0.25, -0.2) is 4.99 Å². The van der Waals surface area contributed by atoms with Crippen LogP contribution >= 0.6 is 0 Å². The van der Waals surface area contributed by atoms with E-state index in [2.05, 4.69) is 38.9 Å². The van der Waals surface area contributed by atoms with Crippen molar-refractivity contribution in [3.63, 3.8) is 0 Å². The lowest BCUT2D eigenvalue weighted by molar-refractivity contribution is -0.122. The van der Waals surface area contributed by atoms with Crippen LogP contribution in [-0.4, -0.2) is 85.0 Å². The summed E-state index contributed by atoms with van der Waals surface area (Å²) in [6, 6.07) is 0.0925. The molecule has 1 saturated carbocycles. The number of amides is 1. The Balaban J connectivity index is 1.30. The molecule has 0 aromatic carbocycles. The normalized spacial score (nSPS) is 22.3. The zero-order chi connectivity index (χ0) is 26.5. The van der Waals surface area contributed by atoms with Crippen molar-refractivity contribution in [3.8, 4) is 0 Å². The van der Waals surface area contributed by atoms with E-state index < -0.39 is 0 Å². The lowest BCUT2D eigenvalue weighted by Gasteiger charge is -2.37. The first-order valence-corrected chi connectivity index (χ1v) is 13.3. The highest BCUT2D eigenvalue weighted by molar-refractivity contribution is 6.38. The Morgan fingerprint density at radius 3 is 2.79 bits per heavy atom. The van der Waals surface area contributed by atoms with Gasteiger partial charge in [-0.1, -0.05) is 6.08 Å². The predicted octanol–water partition coefficient (Wildman–Crippen LogP) is 2.08. The third kappa shape index (κ3) is 6.24. The summed E-state index contributed by atoms with van der Waals surface area (Å²) >= 11 is 0. The Morgan fingerprint density at radius 1 is 1.18 bits per heavy atom. The zero-order valence-corrected chi connectivity index (χ0v) is 22.4. The van der Waals surface area contributed by atoms with E-state index >= 15 is 0 Å². The molecule has 4 aliphatic rings. The van der Waals surface area contributed by atoms with Crippen LogP contribution < -0.4 is 10.6 Å². The predicted molar refractivity (Wildman–Crippen MR) is 147 cm³/mol. The minimum Gasteiger partial charge on any atom is -0.501 e. The summed E-state index contributed by atoms with van der Waals surface area (Å²) in [6.45, 7) is 2.91. The van der Waals surface area contributed by atoms with Gasteiger partial charge in [0.15, 0.2) is 0 Å². The highest BCUT2D eigenvalue weighted by atomic mass is 16.5. The van der Waals surface area contributed by atoms with Gasteiger partial charge >= 0.3 is 0 Å². The number of carbonyl (C=O) groups excluding carboxylic acids is 1. The number of aryl methyl sites for hydroxylation is 1. The first kappa shape index (κ1) is 26.0. The molecule has 0 bridgehead atoms. The second-order valence-electron chi connectivity index (χ2n) is 10.00. The number of allylic oxidation sites excluding steroid dienone is 2. The molecule has 10 nitrogen and oxygen atoms in total. The SMILES string of the molecule is COC1=CC(N(CCNCCNC(=O)C2CC2)C2=CCC3N=CC(c4cnn(C)c4)=NC3=C2)CC(OC)=C1. The van der Waals surface area contributed by atoms with Gasteiger partial charge in [-0.15, -0.1) is 0 Å². The average molecular weight is 520 g/mol. The average Bonchev–Trinajstić information content (AvgIpc) is 3.71. The summed E-state index contributed by atoms with van der Waals surface area (Å²) in [5.74, 6) is 2.10. The maximum atomic E-state index is 11.9. The molecule has 202 valence electrons. The Hall–Kier alpha value is -3.66. The van der Waals surface area contributed by atoms with Crippen LogP contribution in [0.4, 0.5) is 0 Å². The lowest BCUT2D eigenvalue weighted by Crippen LogP contribution is -2.41. The van der Waals surface area contributed by atoms with Gasteiger partial charge in [-0.2, -0.15) is 5.10 Å². The molecule has 1 amide bonds. The van der Waals surface area contributed by atoms with E-state index in [1.54, 1.807) is 18.9 Å². The van der Waals surface area contributed by atoms with E-state index in [1.807, 2.05) is 31.7 Å². The minimum atomic E-state index is 0.0279. The smallest absolute Gasteiger partial charge is 0.223 e. The molecule has 2 atom stereocenters. The Morgan fingerprint density at radius 2 is 2.05 bits per heavy atom. The number of ether oxygens (including phenoxy) is 2. The maximum absolute atomic E-state index is 11.9. The molecule has 0 spiro atoms. The summed E-state index contributed by atoms with van der Waals surface area (Å²) in [5, 5.41) is 10.8. The largest absolute Gasteiger partial charge is 0.501 e. The maximum Gasteiger partial charge on any atom is 0.223 e. The number of methoxy groups -OCH3 is 2. The second-order valence-corrected chi connectivity index (χ2v) is 10.00. The highest BCUT2D eigenvalue weighted by Crippen LogP contribution is 2.31. The fourth-order valence-corrected chi connectivity index (χ4v) is 4.89. The van der Waals surface area contributed by atoms with Crippen molar-refractivity contribution in [1.29, 1.82) is 0 Å². The van der Waals surface area contributed by atoms with Crippen molar-refractivity contribution in [2.75, 3.05) is 40.4 Å². The van der Waals surface area contributed by atoms with Crippen LogP contribution in [0.15, 0.2) is 69.6 Å². The molecule has 0 radical (unpaired) electrons. The van der Waals surface area contributed by atoms with Gasteiger partial charge in [0.25, 0.3) is 0 Å². The molecule has 10 heteroatoms. The molecule has 0 saturated heterocycles. The van der Waals surface area contributed by atoms with Crippen molar-refractivity contribution >= 4 is 17.8 Å². The molecule has 2 unspecified atom stereocenters. The topological polar surface area (TPSA) is 105 Å². The van der Waals surface area contributed by atoms with Gasteiger partial charge in [-0.3, -0.25) is 14.5 Å². The van der Waals surface area contributed by atoms with E-state index in [4.69, 9.17) is 19.5 Å². The van der Waals surface area contributed by atoms with Crippen molar-refractivity contribution in [2.45, 2.75) is 37.8 Å². The number of fused-ring (bicyclic) bond motifs is 1.